The molecule has 1 fully saturated rings. The van der Waals surface area contributed by atoms with Crippen LogP contribution in [0.4, 0.5) is 0 Å². The van der Waals surface area contributed by atoms with Crippen molar-refractivity contribution in [2.75, 3.05) is 19.6 Å². The third kappa shape index (κ3) is 3.37. The second kappa shape index (κ2) is 7.46. The van der Waals surface area contributed by atoms with Crippen LogP contribution in [0.2, 0.25) is 0 Å². The van der Waals surface area contributed by atoms with Crippen LogP contribution in [0.25, 0.3) is 11.0 Å². The zero-order chi connectivity index (χ0) is 19.7. The summed E-state index contributed by atoms with van der Waals surface area (Å²) in [5.74, 6) is 0.723. The molecule has 0 bridgehead atoms. The van der Waals surface area contributed by atoms with E-state index in [1.165, 1.54) is 0 Å². The highest BCUT2D eigenvalue weighted by Gasteiger charge is 2.36. The van der Waals surface area contributed by atoms with Gasteiger partial charge in [0.15, 0.2) is 0 Å². The van der Waals surface area contributed by atoms with Gasteiger partial charge in [-0.25, -0.2) is 4.98 Å². The van der Waals surface area contributed by atoms with Crippen molar-refractivity contribution in [3.05, 3.63) is 48.0 Å². The van der Waals surface area contributed by atoms with Gasteiger partial charge in [-0.2, -0.15) is 5.10 Å². The Hall–Kier alpha value is -3.16. The molecule has 2 amide bonds. The van der Waals surface area contributed by atoms with Crippen LogP contribution in [0.5, 0.6) is 0 Å². The quantitative estimate of drug-likeness (QED) is 0.697. The molecule has 1 saturated heterocycles. The second-order valence-electron chi connectivity index (χ2n) is 7.11. The summed E-state index contributed by atoms with van der Waals surface area (Å²) in [6, 6.07) is 7.99. The third-order valence-electron chi connectivity index (χ3n) is 5.27. The first-order valence-electron chi connectivity index (χ1n) is 9.56. The van der Waals surface area contributed by atoms with E-state index < -0.39 is 0 Å². The predicted octanol–water partition coefficient (Wildman–Crippen LogP) is 1.22. The van der Waals surface area contributed by atoms with Gasteiger partial charge in [-0.05, 0) is 19.1 Å². The van der Waals surface area contributed by atoms with Crippen molar-refractivity contribution in [2.24, 2.45) is 13.0 Å². The third-order valence-corrected chi connectivity index (χ3v) is 5.27. The van der Waals surface area contributed by atoms with E-state index >= 15 is 0 Å². The number of fused-ring (bicyclic) bond motifs is 1. The van der Waals surface area contributed by atoms with E-state index in [1.807, 2.05) is 38.2 Å². The highest BCUT2D eigenvalue weighted by atomic mass is 16.2. The molecule has 4 rings (SSSR count). The zero-order valence-electron chi connectivity index (χ0n) is 16.1. The normalized spacial score (nSPS) is 14.3. The Bertz CT molecular complexity index is 1010. The van der Waals surface area contributed by atoms with Gasteiger partial charge in [0.2, 0.25) is 5.91 Å². The number of imidazole rings is 1. The largest absolute Gasteiger partial charge is 0.355 e. The number of hydrogen-bond acceptors (Lipinski definition) is 4. The van der Waals surface area contributed by atoms with Crippen LogP contribution < -0.4 is 5.32 Å². The molecule has 28 heavy (non-hydrogen) atoms. The average molecular weight is 380 g/mol. The molecule has 3 aromatic rings. The molecule has 1 N–H and O–H groups in total. The molecule has 2 aromatic heterocycles. The summed E-state index contributed by atoms with van der Waals surface area (Å²) < 4.78 is 3.78. The fourth-order valence-corrected chi connectivity index (χ4v) is 3.50. The van der Waals surface area contributed by atoms with Crippen LogP contribution >= 0.6 is 0 Å². The Labute approximate surface area is 163 Å². The van der Waals surface area contributed by atoms with E-state index in [9.17, 15) is 9.59 Å². The van der Waals surface area contributed by atoms with Gasteiger partial charge < -0.3 is 14.8 Å². The first kappa shape index (κ1) is 18.2. The van der Waals surface area contributed by atoms with E-state index in [-0.39, 0.29) is 17.7 Å². The Morgan fingerprint density at radius 3 is 2.75 bits per heavy atom. The Morgan fingerprint density at radius 1 is 1.25 bits per heavy atom. The molecule has 1 aromatic carbocycles. The number of carbonyl (C=O) groups excluding carboxylic acids is 2. The first-order chi connectivity index (χ1) is 13.6. The summed E-state index contributed by atoms with van der Waals surface area (Å²) >= 11 is 0. The molecule has 0 saturated carbocycles. The molecule has 0 unspecified atom stereocenters. The first-order valence-corrected chi connectivity index (χ1v) is 9.56. The lowest BCUT2D eigenvalue weighted by molar-refractivity contribution is -0.128. The van der Waals surface area contributed by atoms with Gasteiger partial charge in [0.1, 0.15) is 5.82 Å². The Morgan fingerprint density at radius 2 is 2.04 bits per heavy atom. The van der Waals surface area contributed by atoms with Gasteiger partial charge in [-0.15, -0.1) is 0 Å². The molecule has 1 aliphatic heterocycles. The average Bonchev–Trinajstić information content (AvgIpc) is 3.26. The smallest absolute Gasteiger partial charge is 0.257 e. The van der Waals surface area contributed by atoms with Gasteiger partial charge in [-0.3, -0.25) is 14.3 Å². The molecular weight excluding hydrogens is 356 g/mol. The number of nitrogens with zero attached hydrogens (tertiary/aromatic N) is 5. The number of benzene rings is 1. The number of rotatable bonds is 6. The minimum Gasteiger partial charge on any atom is -0.355 e. The number of aromatic nitrogens is 4. The van der Waals surface area contributed by atoms with E-state index in [0.29, 0.717) is 31.6 Å². The minimum absolute atomic E-state index is 0.00734. The maximum absolute atomic E-state index is 12.4. The number of para-hydroxylation sites is 2. The van der Waals surface area contributed by atoms with Crippen LogP contribution in [0.1, 0.15) is 23.1 Å². The van der Waals surface area contributed by atoms with Crippen LogP contribution in [0.15, 0.2) is 36.7 Å². The molecule has 1 aliphatic rings. The van der Waals surface area contributed by atoms with Gasteiger partial charge in [0, 0.05) is 45.8 Å². The van der Waals surface area contributed by atoms with Crippen molar-refractivity contribution in [3.8, 4) is 0 Å². The van der Waals surface area contributed by atoms with E-state index in [1.54, 1.807) is 22.0 Å². The molecule has 8 nitrogen and oxygen atoms in total. The lowest BCUT2D eigenvalue weighted by Crippen LogP contribution is -2.55. The van der Waals surface area contributed by atoms with Crippen molar-refractivity contribution in [3.63, 3.8) is 0 Å². The van der Waals surface area contributed by atoms with Crippen molar-refractivity contribution >= 4 is 22.8 Å². The van der Waals surface area contributed by atoms with Crippen molar-refractivity contribution in [1.82, 2.24) is 29.5 Å². The Balaban J connectivity index is 1.25. The van der Waals surface area contributed by atoms with Crippen molar-refractivity contribution in [2.45, 2.75) is 19.9 Å². The highest BCUT2D eigenvalue weighted by Crippen LogP contribution is 2.19. The van der Waals surface area contributed by atoms with Gasteiger partial charge in [0.25, 0.3) is 5.91 Å². The second-order valence-corrected chi connectivity index (χ2v) is 7.11. The number of hydrogen-bond donors (Lipinski definition) is 1. The number of nitrogens with one attached hydrogen (secondary N) is 1. The number of aryl methyl sites for hydroxylation is 2. The maximum atomic E-state index is 12.4. The lowest BCUT2D eigenvalue weighted by Gasteiger charge is -2.38. The molecule has 0 aliphatic carbocycles. The monoisotopic (exact) mass is 380 g/mol. The molecular formula is C20H24N6O2. The van der Waals surface area contributed by atoms with Gasteiger partial charge in [0.05, 0.1) is 28.7 Å². The molecule has 0 spiro atoms. The van der Waals surface area contributed by atoms with Crippen molar-refractivity contribution in [1.29, 1.82) is 0 Å². The number of likely N-dealkylation sites (tertiary alicyclic amines) is 1. The molecule has 8 heteroatoms. The molecule has 3 heterocycles. The van der Waals surface area contributed by atoms with Gasteiger partial charge >= 0.3 is 0 Å². The summed E-state index contributed by atoms with van der Waals surface area (Å²) in [5.41, 5.74) is 2.62. The Kier molecular flexibility index (Phi) is 4.85. The zero-order valence-corrected chi connectivity index (χ0v) is 16.1. The lowest BCUT2D eigenvalue weighted by atomic mass is 9.98. The number of carbonyl (C=O) groups is 2. The van der Waals surface area contributed by atoms with E-state index in [2.05, 4.69) is 20.0 Å². The van der Waals surface area contributed by atoms with Crippen LogP contribution in [0, 0.1) is 5.92 Å². The summed E-state index contributed by atoms with van der Waals surface area (Å²) in [7, 11) is 1.99. The summed E-state index contributed by atoms with van der Waals surface area (Å²) in [4.78, 5) is 31.0. The summed E-state index contributed by atoms with van der Waals surface area (Å²) in [6.07, 6.45) is 3.99. The fourth-order valence-electron chi connectivity index (χ4n) is 3.50. The van der Waals surface area contributed by atoms with E-state index in [4.69, 9.17) is 0 Å². The SMILES string of the molecule is CCn1cc(C(=O)N2CC(C(=O)NCCc3nc4ccccc4n3C)C2)cn1. The maximum Gasteiger partial charge on any atom is 0.257 e. The van der Waals surface area contributed by atoms with Gasteiger partial charge in [-0.1, -0.05) is 12.1 Å². The standard InChI is InChI=1S/C20H24N6O2/c1-3-26-13-14(10-22-26)20(28)25-11-15(12-25)19(27)21-9-8-18-23-16-6-4-5-7-17(16)24(18)2/h4-7,10,13,15H,3,8-9,11-12H2,1-2H3,(H,21,27). The van der Waals surface area contributed by atoms with Crippen LogP contribution in [-0.4, -0.2) is 55.7 Å². The van der Waals surface area contributed by atoms with E-state index in [0.717, 1.165) is 23.4 Å². The predicted molar refractivity (Wildman–Crippen MR) is 105 cm³/mol. The number of amides is 2. The summed E-state index contributed by atoms with van der Waals surface area (Å²) in [6.45, 7) is 4.13. The van der Waals surface area contributed by atoms with Crippen LogP contribution in [0.3, 0.4) is 0 Å². The fraction of sp³-hybridized carbons (Fsp3) is 0.400. The van der Waals surface area contributed by atoms with Crippen molar-refractivity contribution < 1.29 is 9.59 Å². The molecule has 0 radical (unpaired) electrons. The highest BCUT2D eigenvalue weighted by molar-refractivity contribution is 5.95. The molecule has 146 valence electrons. The molecule has 0 atom stereocenters. The minimum atomic E-state index is -0.148. The summed E-state index contributed by atoms with van der Waals surface area (Å²) in [5, 5.41) is 7.10. The topological polar surface area (TPSA) is 85.0 Å². The van der Waals surface area contributed by atoms with Crippen LogP contribution in [-0.2, 0) is 24.8 Å².